The van der Waals surface area contributed by atoms with E-state index >= 15 is 0 Å². The van der Waals surface area contributed by atoms with Crippen LogP contribution in [0.3, 0.4) is 0 Å². The van der Waals surface area contributed by atoms with Crippen LogP contribution in [0.15, 0.2) is 12.1 Å². The Bertz CT molecular complexity index is 482. The van der Waals surface area contributed by atoms with Crippen LogP contribution in [-0.4, -0.2) is 27.8 Å². The van der Waals surface area contributed by atoms with Gasteiger partial charge in [-0.2, -0.15) is 0 Å². The molecule has 0 radical (unpaired) electrons. The minimum atomic E-state index is 0.0664. The molecular weight excluding hydrogens is 248 g/mol. The molecule has 1 fully saturated rings. The molecule has 5 heteroatoms. The molecular formula is C13H16N2O2S. The molecule has 0 bridgehead atoms. The van der Waals surface area contributed by atoms with E-state index in [1.54, 1.807) is 11.8 Å². The van der Waals surface area contributed by atoms with Gasteiger partial charge >= 0.3 is 0 Å². The van der Waals surface area contributed by atoms with E-state index in [4.69, 9.17) is 0 Å². The molecule has 0 aliphatic carbocycles. The number of amides is 1. The van der Waals surface area contributed by atoms with Crippen molar-refractivity contribution in [3.63, 3.8) is 0 Å². The summed E-state index contributed by atoms with van der Waals surface area (Å²) in [7, 11) is 0. The van der Waals surface area contributed by atoms with Crippen LogP contribution in [0.25, 0.3) is 0 Å². The van der Waals surface area contributed by atoms with Crippen molar-refractivity contribution in [3.8, 4) is 0 Å². The third-order valence-corrected chi connectivity index (χ3v) is 3.78. The molecule has 1 atom stereocenters. The normalized spacial score (nSPS) is 19.4. The summed E-state index contributed by atoms with van der Waals surface area (Å²) in [6, 6.07) is 3.82. The molecule has 4 nitrogen and oxygen atoms in total. The van der Waals surface area contributed by atoms with Gasteiger partial charge in [0.25, 0.3) is 0 Å². The highest BCUT2D eigenvalue weighted by molar-refractivity contribution is 8.14. The highest BCUT2D eigenvalue weighted by Gasteiger charge is 2.32. The van der Waals surface area contributed by atoms with Crippen molar-refractivity contribution in [3.05, 3.63) is 23.5 Å². The molecule has 1 aliphatic heterocycles. The Labute approximate surface area is 111 Å². The first-order valence-electron chi connectivity index (χ1n) is 5.88. The Morgan fingerprint density at radius 1 is 1.39 bits per heavy atom. The minimum absolute atomic E-state index is 0.0664. The van der Waals surface area contributed by atoms with E-state index in [0.29, 0.717) is 13.0 Å². The molecule has 0 N–H and O–H groups in total. The molecule has 1 aliphatic rings. The Kier molecular flexibility index (Phi) is 3.71. The topological polar surface area (TPSA) is 50.3 Å². The van der Waals surface area contributed by atoms with E-state index in [0.717, 1.165) is 17.1 Å². The summed E-state index contributed by atoms with van der Waals surface area (Å²) in [6.45, 7) is 5.97. The summed E-state index contributed by atoms with van der Waals surface area (Å²) >= 11 is 1.26. The first-order chi connectivity index (χ1) is 8.45. The van der Waals surface area contributed by atoms with Crippen molar-refractivity contribution in [1.82, 2.24) is 4.98 Å². The van der Waals surface area contributed by atoms with Crippen molar-refractivity contribution in [2.45, 2.75) is 32.4 Å². The van der Waals surface area contributed by atoms with Crippen LogP contribution in [0.4, 0.5) is 5.69 Å². The number of thioether (sulfide) groups is 1. The molecule has 1 aromatic rings. The maximum absolute atomic E-state index is 12.0. The molecule has 1 unspecified atom stereocenters. The molecule has 2 heterocycles. The quantitative estimate of drug-likeness (QED) is 0.820. The molecule has 1 saturated heterocycles. The lowest BCUT2D eigenvalue weighted by Crippen LogP contribution is -2.25. The maximum atomic E-state index is 12.0. The number of aromatic nitrogens is 1. The Morgan fingerprint density at radius 2 is 2.00 bits per heavy atom. The monoisotopic (exact) mass is 264 g/mol. The standard InChI is InChI=1S/C13H16N2O2S/c1-8-4-11(5-9(2)14-8)15-7-12(6-13(15)17)18-10(3)16/h4-5,12H,6-7H2,1-3H3. The van der Waals surface area contributed by atoms with Gasteiger partial charge in [0, 0.05) is 42.2 Å². The lowest BCUT2D eigenvalue weighted by atomic mass is 10.2. The highest BCUT2D eigenvalue weighted by Crippen LogP contribution is 2.29. The summed E-state index contributed by atoms with van der Waals surface area (Å²) in [5, 5.41) is 0.139. The number of rotatable bonds is 2. The molecule has 96 valence electrons. The van der Waals surface area contributed by atoms with E-state index in [2.05, 4.69) is 4.98 Å². The van der Waals surface area contributed by atoms with Gasteiger partial charge in [-0.1, -0.05) is 11.8 Å². The second-order valence-corrected chi connectivity index (χ2v) is 6.03. The number of pyridine rings is 1. The average Bonchev–Trinajstić information content (AvgIpc) is 2.56. The number of nitrogens with zero attached hydrogens (tertiary/aromatic N) is 2. The van der Waals surface area contributed by atoms with Crippen LogP contribution < -0.4 is 4.90 Å². The van der Waals surface area contributed by atoms with Crippen LogP contribution in [0, 0.1) is 13.8 Å². The number of carbonyl (C=O) groups is 2. The largest absolute Gasteiger partial charge is 0.311 e. The SMILES string of the molecule is CC(=O)SC1CC(=O)N(c2cc(C)nc(C)c2)C1. The van der Waals surface area contributed by atoms with Crippen molar-refractivity contribution in [2.24, 2.45) is 0 Å². The number of anilines is 1. The summed E-state index contributed by atoms with van der Waals surface area (Å²) in [5.74, 6) is 0.0822. The Hall–Kier alpha value is -1.36. The summed E-state index contributed by atoms with van der Waals surface area (Å²) in [6.07, 6.45) is 0.435. The van der Waals surface area contributed by atoms with Crippen LogP contribution in [0.2, 0.25) is 0 Å². The summed E-state index contributed by atoms with van der Waals surface area (Å²) in [4.78, 5) is 29.1. The van der Waals surface area contributed by atoms with Gasteiger partial charge in [0.2, 0.25) is 5.91 Å². The van der Waals surface area contributed by atoms with E-state index in [1.807, 2.05) is 26.0 Å². The van der Waals surface area contributed by atoms with Gasteiger partial charge in [-0.05, 0) is 26.0 Å². The third kappa shape index (κ3) is 2.90. The zero-order valence-corrected chi connectivity index (χ0v) is 11.6. The van der Waals surface area contributed by atoms with Gasteiger partial charge in [-0.15, -0.1) is 0 Å². The maximum Gasteiger partial charge on any atom is 0.228 e. The molecule has 1 amide bonds. The van der Waals surface area contributed by atoms with Gasteiger partial charge in [-0.3, -0.25) is 14.6 Å². The van der Waals surface area contributed by atoms with Crippen LogP contribution >= 0.6 is 11.8 Å². The third-order valence-electron chi connectivity index (χ3n) is 2.80. The van der Waals surface area contributed by atoms with Gasteiger partial charge in [0.15, 0.2) is 5.12 Å². The number of hydrogen-bond donors (Lipinski definition) is 0. The zero-order valence-electron chi connectivity index (χ0n) is 10.8. The fourth-order valence-electron chi connectivity index (χ4n) is 2.21. The van der Waals surface area contributed by atoms with E-state index in [-0.39, 0.29) is 16.3 Å². The predicted octanol–water partition coefficient (Wildman–Crippen LogP) is 2.08. The van der Waals surface area contributed by atoms with Crippen LogP contribution in [0.5, 0.6) is 0 Å². The fraction of sp³-hybridized carbons (Fsp3) is 0.462. The molecule has 0 spiro atoms. The minimum Gasteiger partial charge on any atom is -0.311 e. The summed E-state index contributed by atoms with van der Waals surface area (Å²) in [5.41, 5.74) is 2.69. The number of carbonyl (C=O) groups excluding carboxylic acids is 2. The summed E-state index contributed by atoms with van der Waals surface area (Å²) < 4.78 is 0. The smallest absolute Gasteiger partial charge is 0.228 e. The molecule has 18 heavy (non-hydrogen) atoms. The first-order valence-corrected chi connectivity index (χ1v) is 6.76. The first kappa shape index (κ1) is 13.1. The van der Waals surface area contributed by atoms with Gasteiger partial charge < -0.3 is 4.90 Å². The fourth-order valence-corrected chi connectivity index (χ4v) is 3.13. The van der Waals surface area contributed by atoms with E-state index in [9.17, 15) is 9.59 Å². The van der Waals surface area contributed by atoms with Crippen molar-refractivity contribution >= 4 is 28.5 Å². The van der Waals surface area contributed by atoms with Crippen molar-refractivity contribution in [1.29, 1.82) is 0 Å². The van der Waals surface area contributed by atoms with Crippen LogP contribution in [0.1, 0.15) is 24.7 Å². The predicted molar refractivity (Wildman–Crippen MR) is 72.7 cm³/mol. The lowest BCUT2D eigenvalue weighted by Gasteiger charge is -2.17. The van der Waals surface area contributed by atoms with Gasteiger partial charge in [0.1, 0.15) is 0 Å². The molecule has 0 saturated carbocycles. The Morgan fingerprint density at radius 3 is 2.56 bits per heavy atom. The van der Waals surface area contributed by atoms with E-state index in [1.165, 1.54) is 11.8 Å². The zero-order chi connectivity index (χ0) is 13.3. The second kappa shape index (κ2) is 5.10. The van der Waals surface area contributed by atoms with E-state index < -0.39 is 0 Å². The van der Waals surface area contributed by atoms with Crippen molar-refractivity contribution < 1.29 is 9.59 Å². The molecule has 2 rings (SSSR count). The lowest BCUT2D eigenvalue weighted by molar-refractivity contribution is -0.117. The molecule has 1 aromatic heterocycles. The number of hydrogen-bond acceptors (Lipinski definition) is 4. The van der Waals surface area contributed by atoms with Gasteiger partial charge in [-0.25, -0.2) is 0 Å². The average molecular weight is 264 g/mol. The molecule has 0 aromatic carbocycles. The number of aryl methyl sites for hydroxylation is 2. The van der Waals surface area contributed by atoms with Gasteiger partial charge in [0.05, 0.1) is 0 Å². The Balaban J connectivity index is 2.18. The second-order valence-electron chi connectivity index (χ2n) is 4.55. The van der Waals surface area contributed by atoms with Crippen molar-refractivity contribution in [2.75, 3.05) is 11.4 Å². The highest BCUT2D eigenvalue weighted by atomic mass is 32.2. The van der Waals surface area contributed by atoms with Crippen LogP contribution in [-0.2, 0) is 9.59 Å².